The highest BCUT2D eigenvalue weighted by Crippen LogP contribution is 2.21. The zero-order valence-electron chi connectivity index (χ0n) is 10.4. The van der Waals surface area contributed by atoms with E-state index in [1.807, 2.05) is 0 Å². The molecule has 0 bridgehead atoms. The van der Waals surface area contributed by atoms with Gasteiger partial charge < -0.3 is 4.74 Å². The maximum atomic E-state index is 12.3. The number of nitro benzene ring substituents is 1. The molecule has 1 aliphatic heterocycles. The molecule has 1 aromatic rings. The van der Waals surface area contributed by atoms with Crippen molar-refractivity contribution in [3.8, 4) is 0 Å². The second-order valence-corrected chi connectivity index (χ2v) is 6.23. The van der Waals surface area contributed by atoms with Gasteiger partial charge >= 0.3 is 0 Å². The molecular weight excluding hydrogens is 272 g/mol. The molecule has 0 aliphatic carbocycles. The molecule has 1 atom stereocenters. The molecular formula is C11H14N2O5S. The minimum atomic E-state index is -3.61. The Balaban J connectivity index is 2.26. The summed E-state index contributed by atoms with van der Waals surface area (Å²) in [6.07, 6.45) is -0.151. The second kappa shape index (κ2) is 5.24. The van der Waals surface area contributed by atoms with E-state index < -0.39 is 14.9 Å². The predicted octanol–water partition coefficient (Wildman–Crippen LogP) is 1.00. The minimum absolute atomic E-state index is 0.0622. The lowest BCUT2D eigenvalue weighted by Crippen LogP contribution is -2.44. The standard InChI is InChI=1S/C11H14N2O5S/c1-9-8-12(6-7-18-9)19(16,17)11-4-2-10(3-5-11)13(14)15/h2-5,9H,6-8H2,1H3. The van der Waals surface area contributed by atoms with Crippen LogP contribution in [0.5, 0.6) is 0 Å². The molecule has 7 nitrogen and oxygen atoms in total. The third-order valence-electron chi connectivity index (χ3n) is 2.89. The first-order chi connectivity index (χ1) is 8.91. The molecule has 19 heavy (non-hydrogen) atoms. The fraction of sp³-hybridized carbons (Fsp3) is 0.455. The first-order valence-electron chi connectivity index (χ1n) is 5.77. The number of benzene rings is 1. The lowest BCUT2D eigenvalue weighted by molar-refractivity contribution is -0.384. The molecule has 0 spiro atoms. The highest BCUT2D eigenvalue weighted by atomic mass is 32.2. The van der Waals surface area contributed by atoms with Crippen molar-refractivity contribution >= 4 is 15.7 Å². The summed E-state index contributed by atoms with van der Waals surface area (Å²) < 4.78 is 31.3. The van der Waals surface area contributed by atoms with Gasteiger partial charge in [-0.3, -0.25) is 10.1 Å². The molecule has 1 fully saturated rings. The summed E-state index contributed by atoms with van der Waals surface area (Å²) >= 11 is 0. The monoisotopic (exact) mass is 286 g/mol. The molecule has 104 valence electrons. The normalized spacial score (nSPS) is 21.2. The van der Waals surface area contributed by atoms with Crippen molar-refractivity contribution in [3.63, 3.8) is 0 Å². The molecule has 1 aliphatic rings. The van der Waals surface area contributed by atoms with E-state index in [0.717, 1.165) is 0 Å². The number of morpholine rings is 1. The van der Waals surface area contributed by atoms with Gasteiger partial charge in [-0.15, -0.1) is 0 Å². The molecule has 0 amide bonds. The molecule has 2 rings (SSSR count). The van der Waals surface area contributed by atoms with Crippen LogP contribution in [0.2, 0.25) is 0 Å². The summed E-state index contributed by atoms with van der Waals surface area (Å²) in [6.45, 7) is 2.74. The quantitative estimate of drug-likeness (QED) is 0.611. The average Bonchev–Trinajstić information content (AvgIpc) is 2.39. The van der Waals surface area contributed by atoms with Gasteiger partial charge in [0.1, 0.15) is 0 Å². The topological polar surface area (TPSA) is 89.8 Å². The Labute approximate surface area is 111 Å². The van der Waals surface area contributed by atoms with E-state index in [4.69, 9.17) is 4.74 Å². The number of sulfonamides is 1. The molecule has 1 saturated heterocycles. The molecule has 0 aromatic heterocycles. The van der Waals surface area contributed by atoms with E-state index >= 15 is 0 Å². The lowest BCUT2D eigenvalue weighted by Gasteiger charge is -2.30. The zero-order chi connectivity index (χ0) is 14.0. The summed E-state index contributed by atoms with van der Waals surface area (Å²) in [5.74, 6) is 0. The van der Waals surface area contributed by atoms with Gasteiger partial charge in [-0.1, -0.05) is 0 Å². The van der Waals surface area contributed by atoms with Gasteiger partial charge in [-0.25, -0.2) is 8.42 Å². The Morgan fingerprint density at radius 1 is 1.37 bits per heavy atom. The van der Waals surface area contributed by atoms with Crippen molar-refractivity contribution in [2.45, 2.75) is 17.9 Å². The van der Waals surface area contributed by atoms with E-state index in [1.165, 1.54) is 28.6 Å². The van der Waals surface area contributed by atoms with Crippen LogP contribution >= 0.6 is 0 Å². The first kappa shape index (κ1) is 13.9. The SMILES string of the molecule is CC1CN(S(=O)(=O)c2ccc([N+](=O)[O-])cc2)CCO1. The molecule has 1 unspecified atom stereocenters. The molecule has 0 saturated carbocycles. The highest BCUT2D eigenvalue weighted by Gasteiger charge is 2.29. The van der Waals surface area contributed by atoms with Crippen molar-refractivity contribution in [1.82, 2.24) is 4.31 Å². The smallest absolute Gasteiger partial charge is 0.269 e. The van der Waals surface area contributed by atoms with Crippen molar-refractivity contribution in [1.29, 1.82) is 0 Å². The van der Waals surface area contributed by atoms with E-state index in [1.54, 1.807) is 6.92 Å². The summed E-state index contributed by atoms with van der Waals surface area (Å²) in [5.41, 5.74) is -0.130. The Morgan fingerprint density at radius 2 is 2.00 bits per heavy atom. The van der Waals surface area contributed by atoms with Crippen LogP contribution in [0.4, 0.5) is 5.69 Å². The summed E-state index contributed by atoms with van der Waals surface area (Å²) in [5, 5.41) is 10.5. The fourth-order valence-electron chi connectivity index (χ4n) is 1.89. The summed E-state index contributed by atoms with van der Waals surface area (Å²) in [4.78, 5) is 10.0. The number of hydrogen-bond donors (Lipinski definition) is 0. The third kappa shape index (κ3) is 2.91. The van der Waals surface area contributed by atoms with Crippen LogP contribution in [0, 0.1) is 10.1 Å². The third-order valence-corrected chi connectivity index (χ3v) is 4.77. The molecule has 0 radical (unpaired) electrons. The number of nitrogens with zero attached hydrogens (tertiary/aromatic N) is 2. The zero-order valence-corrected chi connectivity index (χ0v) is 11.2. The van der Waals surface area contributed by atoms with Gasteiger partial charge in [0.2, 0.25) is 10.0 Å². The van der Waals surface area contributed by atoms with Gasteiger partial charge in [0.05, 0.1) is 22.5 Å². The minimum Gasteiger partial charge on any atom is -0.376 e. The number of hydrogen-bond acceptors (Lipinski definition) is 5. The molecule has 8 heteroatoms. The van der Waals surface area contributed by atoms with Gasteiger partial charge in [0.25, 0.3) is 5.69 Å². The van der Waals surface area contributed by atoms with Crippen LogP contribution in [0.1, 0.15) is 6.92 Å². The van der Waals surface area contributed by atoms with Gasteiger partial charge in [-0.2, -0.15) is 4.31 Å². The van der Waals surface area contributed by atoms with Crippen molar-refractivity contribution < 1.29 is 18.1 Å². The molecule has 1 heterocycles. The summed E-state index contributed by atoms with van der Waals surface area (Å²) in [7, 11) is -3.61. The number of nitro groups is 1. The number of rotatable bonds is 3. The maximum Gasteiger partial charge on any atom is 0.269 e. The van der Waals surface area contributed by atoms with Crippen LogP contribution < -0.4 is 0 Å². The first-order valence-corrected chi connectivity index (χ1v) is 7.21. The van der Waals surface area contributed by atoms with Crippen LogP contribution in [0.3, 0.4) is 0 Å². The van der Waals surface area contributed by atoms with E-state index in [9.17, 15) is 18.5 Å². The average molecular weight is 286 g/mol. The van der Waals surface area contributed by atoms with E-state index in [0.29, 0.717) is 19.7 Å². The largest absolute Gasteiger partial charge is 0.376 e. The lowest BCUT2D eigenvalue weighted by atomic mass is 10.3. The van der Waals surface area contributed by atoms with Crippen LogP contribution in [0.15, 0.2) is 29.2 Å². The molecule has 1 aromatic carbocycles. The highest BCUT2D eigenvalue weighted by molar-refractivity contribution is 7.89. The Hall–Kier alpha value is -1.51. The van der Waals surface area contributed by atoms with E-state index in [-0.39, 0.29) is 16.7 Å². The van der Waals surface area contributed by atoms with Crippen LogP contribution in [0.25, 0.3) is 0 Å². The number of ether oxygens (including phenoxy) is 1. The van der Waals surface area contributed by atoms with Crippen molar-refractivity contribution in [2.24, 2.45) is 0 Å². The Kier molecular flexibility index (Phi) is 3.83. The summed E-state index contributed by atoms with van der Waals surface area (Å²) in [6, 6.07) is 4.90. The van der Waals surface area contributed by atoms with Gasteiger partial charge in [0.15, 0.2) is 0 Å². The maximum absolute atomic E-state index is 12.3. The van der Waals surface area contributed by atoms with E-state index in [2.05, 4.69) is 0 Å². The van der Waals surface area contributed by atoms with Gasteiger partial charge in [0, 0.05) is 25.2 Å². The van der Waals surface area contributed by atoms with Crippen LogP contribution in [-0.2, 0) is 14.8 Å². The van der Waals surface area contributed by atoms with Crippen molar-refractivity contribution in [2.75, 3.05) is 19.7 Å². The van der Waals surface area contributed by atoms with Crippen LogP contribution in [-0.4, -0.2) is 43.4 Å². The molecule has 0 N–H and O–H groups in total. The fourth-order valence-corrected chi connectivity index (χ4v) is 3.39. The second-order valence-electron chi connectivity index (χ2n) is 4.30. The predicted molar refractivity (Wildman–Crippen MR) is 67.3 cm³/mol. The van der Waals surface area contributed by atoms with Crippen molar-refractivity contribution in [3.05, 3.63) is 34.4 Å². The number of non-ortho nitro benzene ring substituents is 1. The van der Waals surface area contributed by atoms with Gasteiger partial charge in [-0.05, 0) is 19.1 Å². The Morgan fingerprint density at radius 3 is 2.53 bits per heavy atom. The Bertz CT molecular complexity index is 569.